The van der Waals surface area contributed by atoms with Crippen LogP contribution in [-0.4, -0.2) is 28.9 Å². The molecule has 0 saturated heterocycles. The maximum Gasteiger partial charge on any atom is 0.295 e. The van der Waals surface area contributed by atoms with Crippen LogP contribution < -0.4 is 5.32 Å². The summed E-state index contributed by atoms with van der Waals surface area (Å²) in [5.41, 5.74) is 0.0444. The van der Waals surface area contributed by atoms with E-state index in [1.54, 1.807) is 6.92 Å². The van der Waals surface area contributed by atoms with Crippen LogP contribution in [0.3, 0.4) is 0 Å². The van der Waals surface area contributed by atoms with Gasteiger partial charge in [-0.2, -0.15) is 8.42 Å². The van der Waals surface area contributed by atoms with Gasteiger partial charge in [0.25, 0.3) is 21.7 Å². The number of hydrogen-bond donors (Lipinski definition) is 3. The molecule has 0 aromatic heterocycles. The van der Waals surface area contributed by atoms with Crippen molar-refractivity contribution in [2.24, 2.45) is 0 Å². The number of phenolic OH excluding ortho intramolecular Hbond substituents is 1. The third kappa shape index (κ3) is 3.77. The smallest absolute Gasteiger partial charge is 0.295 e. The second kappa shape index (κ2) is 6.91. The van der Waals surface area contributed by atoms with Crippen molar-refractivity contribution in [2.45, 2.75) is 11.8 Å². The summed E-state index contributed by atoms with van der Waals surface area (Å²) < 4.78 is 32.9. The molecule has 3 rings (SSSR count). The second-order valence-electron chi connectivity index (χ2n) is 6.09. The average Bonchev–Trinajstić information content (AvgIpc) is 2.60. The van der Waals surface area contributed by atoms with Gasteiger partial charge < -0.3 is 10.4 Å². The molecule has 0 saturated carbocycles. The fraction of sp³-hybridized carbons (Fsp3) is 0.0556. The zero-order valence-electron chi connectivity index (χ0n) is 14.4. The van der Waals surface area contributed by atoms with E-state index in [1.807, 2.05) is 0 Å². The maximum atomic E-state index is 12.6. The van der Waals surface area contributed by atoms with Crippen molar-refractivity contribution in [1.29, 1.82) is 0 Å². The third-order valence-corrected chi connectivity index (χ3v) is 4.92. The van der Waals surface area contributed by atoms with E-state index in [0.717, 1.165) is 12.1 Å². The molecule has 3 N–H and O–H groups in total. The van der Waals surface area contributed by atoms with Gasteiger partial charge in [-0.1, -0.05) is 12.1 Å². The Morgan fingerprint density at radius 1 is 1.11 bits per heavy atom. The summed E-state index contributed by atoms with van der Waals surface area (Å²) in [5.74, 6) is -1.01. The van der Waals surface area contributed by atoms with E-state index in [4.69, 9.17) is 0 Å². The van der Waals surface area contributed by atoms with Gasteiger partial charge in [0.05, 0.1) is 4.92 Å². The molecule has 0 aliphatic carbocycles. The number of nitrogens with zero attached hydrogens (tertiary/aromatic N) is 1. The number of benzene rings is 3. The van der Waals surface area contributed by atoms with Gasteiger partial charge in [0.1, 0.15) is 16.2 Å². The quantitative estimate of drug-likeness (QED) is 0.345. The van der Waals surface area contributed by atoms with Crippen molar-refractivity contribution in [3.63, 3.8) is 0 Å². The molecule has 0 aliphatic rings. The maximum absolute atomic E-state index is 12.6. The van der Waals surface area contributed by atoms with Gasteiger partial charge in [-0.05, 0) is 48.2 Å². The number of aromatic hydroxyl groups is 1. The molecule has 0 fully saturated rings. The molecule has 0 aliphatic heterocycles. The van der Waals surface area contributed by atoms with E-state index in [2.05, 4.69) is 5.32 Å². The Morgan fingerprint density at radius 3 is 2.46 bits per heavy atom. The summed E-state index contributed by atoms with van der Waals surface area (Å²) in [4.78, 5) is 22.5. The van der Waals surface area contributed by atoms with Crippen LogP contribution in [-0.2, 0) is 10.1 Å². The van der Waals surface area contributed by atoms with E-state index in [0.29, 0.717) is 10.9 Å². The van der Waals surface area contributed by atoms with Crippen LogP contribution >= 0.6 is 0 Å². The van der Waals surface area contributed by atoms with Gasteiger partial charge in [0.2, 0.25) is 0 Å². The van der Waals surface area contributed by atoms with E-state index in [-0.39, 0.29) is 22.4 Å². The number of rotatable bonds is 4. The molecule has 0 unspecified atom stereocenters. The highest BCUT2D eigenvalue weighted by Gasteiger charge is 2.22. The van der Waals surface area contributed by atoms with E-state index < -0.39 is 31.5 Å². The number of carbonyl (C=O) groups excluding carboxylic acids is 1. The predicted molar refractivity (Wildman–Crippen MR) is 101 cm³/mol. The third-order valence-electron chi connectivity index (χ3n) is 4.03. The molecule has 9 nitrogen and oxygen atoms in total. The highest BCUT2D eigenvalue weighted by molar-refractivity contribution is 7.86. The van der Waals surface area contributed by atoms with Crippen LogP contribution in [0.25, 0.3) is 10.8 Å². The van der Waals surface area contributed by atoms with Crippen molar-refractivity contribution in [1.82, 2.24) is 0 Å². The van der Waals surface area contributed by atoms with Crippen LogP contribution in [0, 0.1) is 17.0 Å². The lowest BCUT2D eigenvalue weighted by atomic mass is 10.1. The van der Waals surface area contributed by atoms with Gasteiger partial charge >= 0.3 is 0 Å². The van der Waals surface area contributed by atoms with Crippen LogP contribution in [0.5, 0.6) is 5.75 Å². The average molecular weight is 402 g/mol. The number of aryl methyl sites for hydroxylation is 1. The van der Waals surface area contributed by atoms with E-state index in [1.165, 1.54) is 36.4 Å². The zero-order valence-corrected chi connectivity index (χ0v) is 15.2. The lowest BCUT2D eigenvalue weighted by Gasteiger charge is -2.11. The summed E-state index contributed by atoms with van der Waals surface area (Å²) in [6.07, 6.45) is 0. The van der Waals surface area contributed by atoms with Gasteiger partial charge in [0, 0.05) is 17.1 Å². The number of phenols is 1. The van der Waals surface area contributed by atoms with Crippen LogP contribution in [0.15, 0.2) is 53.4 Å². The molecule has 3 aromatic carbocycles. The molecule has 0 heterocycles. The van der Waals surface area contributed by atoms with E-state index >= 15 is 0 Å². The fourth-order valence-electron chi connectivity index (χ4n) is 2.79. The van der Waals surface area contributed by atoms with Crippen molar-refractivity contribution in [3.05, 3.63) is 69.8 Å². The molecule has 0 radical (unpaired) electrons. The van der Waals surface area contributed by atoms with Crippen molar-refractivity contribution in [2.75, 3.05) is 5.32 Å². The first kappa shape index (κ1) is 19.3. The lowest BCUT2D eigenvalue weighted by molar-refractivity contribution is -0.385. The summed E-state index contributed by atoms with van der Waals surface area (Å²) >= 11 is 0. The standard InChI is InChI=1S/C18H14N2O7S/c1-10-2-5-16(20(23)24)15(6-10)18(22)19-12-7-11-3-4-13(21)9-14(11)17(8-12)28(25,26)27/h2-9,21H,1H3,(H,19,22)(H,25,26,27). The number of carbonyl (C=O) groups is 1. The Bertz CT molecular complexity index is 1240. The normalized spacial score (nSPS) is 11.4. The summed E-state index contributed by atoms with van der Waals surface area (Å²) in [5, 5.41) is 23.6. The molecular formula is C18H14N2O7S. The Labute approximate surface area is 159 Å². The van der Waals surface area contributed by atoms with Crippen molar-refractivity contribution >= 4 is 38.2 Å². The largest absolute Gasteiger partial charge is 0.508 e. The summed E-state index contributed by atoms with van der Waals surface area (Å²) in [6.45, 7) is 1.67. The SMILES string of the molecule is Cc1ccc([N+](=O)[O-])c(C(=O)Nc2cc(S(=O)(=O)O)c3cc(O)ccc3c2)c1. The molecule has 0 spiro atoms. The summed E-state index contributed by atoms with van der Waals surface area (Å²) in [7, 11) is -4.67. The minimum atomic E-state index is -4.67. The number of nitro benzene ring substituents is 1. The molecule has 0 atom stereocenters. The van der Waals surface area contributed by atoms with Crippen LogP contribution in [0.2, 0.25) is 0 Å². The number of amides is 1. The Balaban J connectivity index is 2.11. The number of nitrogens with one attached hydrogen (secondary N) is 1. The summed E-state index contributed by atoms with van der Waals surface area (Å²) in [6, 6.07) is 10.4. The number of hydrogen-bond acceptors (Lipinski definition) is 6. The Kier molecular flexibility index (Phi) is 4.75. The molecule has 1 amide bonds. The van der Waals surface area contributed by atoms with Crippen molar-refractivity contribution in [3.8, 4) is 5.75 Å². The van der Waals surface area contributed by atoms with Crippen LogP contribution in [0.1, 0.15) is 15.9 Å². The molecular weight excluding hydrogens is 388 g/mol. The zero-order chi connectivity index (χ0) is 20.6. The van der Waals surface area contributed by atoms with Gasteiger partial charge in [-0.15, -0.1) is 0 Å². The first-order valence-corrected chi connectivity index (χ1v) is 9.31. The Morgan fingerprint density at radius 2 is 1.82 bits per heavy atom. The minimum absolute atomic E-state index is 0.00613. The number of fused-ring (bicyclic) bond motifs is 1. The minimum Gasteiger partial charge on any atom is -0.508 e. The number of anilines is 1. The first-order valence-electron chi connectivity index (χ1n) is 7.87. The van der Waals surface area contributed by atoms with E-state index in [9.17, 15) is 33.0 Å². The first-order chi connectivity index (χ1) is 13.1. The molecule has 28 heavy (non-hydrogen) atoms. The fourth-order valence-corrected chi connectivity index (χ4v) is 3.52. The molecule has 10 heteroatoms. The monoisotopic (exact) mass is 402 g/mol. The molecule has 144 valence electrons. The van der Waals surface area contributed by atoms with Crippen LogP contribution in [0.4, 0.5) is 11.4 Å². The predicted octanol–water partition coefficient (Wildman–Crippen LogP) is 3.26. The lowest BCUT2D eigenvalue weighted by Crippen LogP contribution is -2.14. The van der Waals surface area contributed by atoms with Gasteiger partial charge in [-0.25, -0.2) is 0 Å². The Hall–Kier alpha value is -3.50. The van der Waals surface area contributed by atoms with Gasteiger partial charge in [0.15, 0.2) is 0 Å². The topological polar surface area (TPSA) is 147 Å². The number of nitro groups is 1. The highest BCUT2D eigenvalue weighted by Crippen LogP contribution is 2.31. The van der Waals surface area contributed by atoms with Gasteiger partial charge in [-0.3, -0.25) is 19.5 Å². The molecule has 0 bridgehead atoms. The van der Waals surface area contributed by atoms with Crippen molar-refractivity contribution < 1.29 is 27.8 Å². The highest BCUT2D eigenvalue weighted by atomic mass is 32.2. The second-order valence-corrected chi connectivity index (χ2v) is 7.48. The molecule has 3 aromatic rings.